The average Bonchev–Trinajstić information content (AvgIpc) is 2.38. The molecule has 0 bridgehead atoms. The minimum Gasteiger partial charge on any atom is -0.504 e. The van der Waals surface area contributed by atoms with Crippen LogP contribution in [0.25, 0.3) is 0 Å². The van der Waals surface area contributed by atoms with Crippen molar-refractivity contribution >= 4 is 17.5 Å². The summed E-state index contributed by atoms with van der Waals surface area (Å²) in [5.74, 6) is -0.507. The SMILES string of the molecule is CNC(=O)c1ccc(C)c(NC(=O)C=COC)c1. The van der Waals surface area contributed by atoms with Gasteiger partial charge in [0.25, 0.3) is 11.8 Å². The monoisotopic (exact) mass is 248 g/mol. The van der Waals surface area contributed by atoms with Gasteiger partial charge in [-0.3, -0.25) is 9.59 Å². The molecule has 1 rings (SSSR count). The molecule has 0 saturated heterocycles. The van der Waals surface area contributed by atoms with Crippen LogP contribution in [0.1, 0.15) is 15.9 Å². The van der Waals surface area contributed by atoms with E-state index in [2.05, 4.69) is 15.4 Å². The number of rotatable bonds is 4. The maximum Gasteiger partial charge on any atom is 0.251 e. The van der Waals surface area contributed by atoms with Gasteiger partial charge >= 0.3 is 0 Å². The molecule has 0 unspecified atom stereocenters. The lowest BCUT2D eigenvalue weighted by atomic mass is 10.1. The minimum absolute atomic E-state index is 0.196. The molecule has 18 heavy (non-hydrogen) atoms. The number of benzene rings is 1. The van der Waals surface area contributed by atoms with E-state index in [0.717, 1.165) is 5.56 Å². The van der Waals surface area contributed by atoms with Crippen LogP contribution in [0.15, 0.2) is 30.5 Å². The number of nitrogens with one attached hydrogen (secondary N) is 2. The van der Waals surface area contributed by atoms with Crippen LogP contribution in [0, 0.1) is 6.92 Å². The lowest BCUT2D eigenvalue weighted by Crippen LogP contribution is -2.18. The van der Waals surface area contributed by atoms with Crippen molar-refractivity contribution in [2.45, 2.75) is 6.92 Å². The predicted molar refractivity (Wildman–Crippen MR) is 69.3 cm³/mol. The first-order chi connectivity index (χ1) is 8.58. The lowest BCUT2D eigenvalue weighted by molar-refractivity contribution is -0.112. The number of hydrogen-bond donors (Lipinski definition) is 2. The topological polar surface area (TPSA) is 67.4 Å². The molecule has 0 fully saturated rings. The molecule has 1 aromatic rings. The lowest BCUT2D eigenvalue weighted by Gasteiger charge is -2.08. The Labute approximate surface area is 106 Å². The fourth-order valence-corrected chi connectivity index (χ4v) is 1.35. The Balaban J connectivity index is 2.91. The van der Waals surface area contributed by atoms with Gasteiger partial charge < -0.3 is 15.4 Å². The first-order valence-corrected chi connectivity index (χ1v) is 5.41. The molecule has 0 heterocycles. The van der Waals surface area contributed by atoms with Crippen molar-refractivity contribution in [3.63, 3.8) is 0 Å². The van der Waals surface area contributed by atoms with Gasteiger partial charge in [0.2, 0.25) is 0 Å². The number of anilines is 1. The van der Waals surface area contributed by atoms with E-state index in [4.69, 9.17) is 0 Å². The summed E-state index contributed by atoms with van der Waals surface area (Å²) in [6.45, 7) is 1.85. The number of hydrogen-bond acceptors (Lipinski definition) is 3. The Hall–Kier alpha value is -2.30. The van der Waals surface area contributed by atoms with Crippen molar-refractivity contribution in [2.75, 3.05) is 19.5 Å². The highest BCUT2D eigenvalue weighted by Crippen LogP contribution is 2.16. The molecule has 2 amide bonds. The highest BCUT2D eigenvalue weighted by atomic mass is 16.5. The van der Waals surface area contributed by atoms with E-state index >= 15 is 0 Å². The minimum atomic E-state index is -0.311. The summed E-state index contributed by atoms with van der Waals surface area (Å²) in [5.41, 5.74) is 1.97. The Bertz CT molecular complexity index is 481. The summed E-state index contributed by atoms with van der Waals surface area (Å²) in [5, 5.41) is 5.21. The van der Waals surface area contributed by atoms with Gasteiger partial charge in [0.1, 0.15) is 0 Å². The summed E-state index contributed by atoms with van der Waals surface area (Å²) in [6.07, 6.45) is 2.55. The largest absolute Gasteiger partial charge is 0.504 e. The van der Waals surface area contributed by atoms with E-state index in [9.17, 15) is 9.59 Å². The molecule has 0 aliphatic heterocycles. The molecule has 0 radical (unpaired) electrons. The Kier molecular flexibility index (Phi) is 4.92. The Morgan fingerprint density at radius 2 is 2.06 bits per heavy atom. The second-order valence-electron chi connectivity index (χ2n) is 3.64. The van der Waals surface area contributed by atoms with E-state index in [0.29, 0.717) is 11.3 Å². The van der Waals surface area contributed by atoms with Crippen LogP contribution in [0.2, 0.25) is 0 Å². The molecular weight excluding hydrogens is 232 g/mol. The number of carbonyl (C=O) groups is 2. The van der Waals surface area contributed by atoms with Crippen molar-refractivity contribution in [3.05, 3.63) is 41.7 Å². The first kappa shape index (κ1) is 13.8. The molecule has 0 aliphatic rings. The van der Waals surface area contributed by atoms with Crippen LogP contribution < -0.4 is 10.6 Å². The number of methoxy groups -OCH3 is 1. The van der Waals surface area contributed by atoms with Gasteiger partial charge in [-0.1, -0.05) is 6.07 Å². The molecule has 0 atom stereocenters. The smallest absolute Gasteiger partial charge is 0.251 e. The maximum atomic E-state index is 11.5. The van der Waals surface area contributed by atoms with Crippen molar-refractivity contribution in [1.82, 2.24) is 5.32 Å². The second kappa shape index (κ2) is 6.44. The molecule has 96 valence electrons. The number of amides is 2. The quantitative estimate of drug-likeness (QED) is 0.626. The first-order valence-electron chi connectivity index (χ1n) is 5.41. The molecule has 0 spiro atoms. The van der Waals surface area contributed by atoms with Gasteiger partial charge in [0.15, 0.2) is 0 Å². The van der Waals surface area contributed by atoms with Gasteiger partial charge in [-0.05, 0) is 24.6 Å². The summed E-state index contributed by atoms with van der Waals surface area (Å²) in [6, 6.07) is 5.11. The fourth-order valence-electron chi connectivity index (χ4n) is 1.35. The van der Waals surface area contributed by atoms with Gasteiger partial charge in [-0.25, -0.2) is 0 Å². The summed E-state index contributed by atoms with van der Waals surface area (Å²) >= 11 is 0. The zero-order chi connectivity index (χ0) is 13.5. The standard InChI is InChI=1S/C13H16N2O3/c1-9-4-5-10(13(17)14-2)8-11(9)15-12(16)6-7-18-3/h4-8H,1-3H3,(H,14,17)(H,15,16). The zero-order valence-electron chi connectivity index (χ0n) is 10.6. The Morgan fingerprint density at radius 3 is 2.67 bits per heavy atom. The fraction of sp³-hybridized carbons (Fsp3) is 0.231. The van der Waals surface area contributed by atoms with Gasteiger partial charge in [-0.2, -0.15) is 0 Å². The number of aryl methyl sites for hydroxylation is 1. The van der Waals surface area contributed by atoms with Crippen molar-refractivity contribution in [3.8, 4) is 0 Å². The van der Waals surface area contributed by atoms with Crippen molar-refractivity contribution < 1.29 is 14.3 Å². The summed E-state index contributed by atoms with van der Waals surface area (Å²) < 4.78 is 4.65. The molecule has 5 nitrogen and oxygen atoms in total. The van der Waals surface area contributed by atoms with Gasteiger partial charge in [0, 0.05) is 24.4 Å². The molecule has 0 aliphatic carbocycles. The van der Waals surface area contributed by atoms with Gasteiger partial charge in [-0.15, -0.1) is 0 Å². The third kappa shape index (κ3) is 3.62. The van der Waals surface area contributed by atoms with Crippen LogP contribution >= 0.6 is 0 Å². The highest BCUT2D eigenvalue weighted by Gasteiger charge is 2.07. The maximum absolute atomic E-state index is 11.5. The third-order valence-corrected chi connectivity index (χ3v) is 2.34. The van der Waals surface area contributed by atoms with E-state index < -0.39 is 0 Å². The molecule has 2 N–H and O–H groups in total. The van der Waals surface area contributed by atoms with Crippen LogP contribution in [0.5, 0.6) is 0 Å². The van der Waals surface area contributed by atoms with E-state index in [-0.39, 0.29) is 11.8 Å². The average molecular weight is 248 g/mol. The van der Waals surface area contributed by atoms with Crippen molar-refractivity contribution in [1.29, 1.82) is 0 Å². The highest BCUT2D eigenvalue weighted by molar-refractivity contribution is 6.01. The predicted octanol–water partition coefficient (Wildman–Crippen LogP) is 1.45. The summed E-state index contributed by atoms with van der Waals surface area (Å²) in [4.78, 5) is 23.0. The number of carbonyl (C=O) groups excluding carboxylic acids is 2. The van der Waals surface area contributed by atoms with Gasteiger partial charge in [0.05, 0.1) is 13.4 Å². The normalized spacial score (nSPS) is 10.2. The van der Waals surface area contributed by atoms with Crippen molar-refractivity contribution in [2.24, 2.45) is 0 Å². The Morgan fingerprint density at radius 1 is 1.33 bits per heavy atom. The van der Waals surface area contributed by atoms with E-state index in [1.54, 1.807) is 25.2 Å². The van der Waals surface area contributed by atoms with Crippen LogP contribution in [-0.4, -0.2) is 26.0 Å². The number of ether oxygens (including phenoxy) is 1. The molecular formula is C13H16N2O3. The van der Waals surface area contributed by atoms with Crippen LogP contribution in [0.3, 0.4) is 0 Å². The molecule has 0 saturated carbocycles. The van der Waals surface area contributed by atoms with E-state index in [1.807, 2.05) is 6.92 Å². The van der Waals surface area contributed by atoms with Crippen LogP contribution in [0.4, 0.5) is 5.69 Å². The summed E-state index contributed by atoms with van der Waals surface area (Å²) in [7, 11) is 3.02. The molecule has 0 aromatic heterocycles. The van der Waals surface area contributed by atoms with E-state index in [1.165, 1.54) is 19.4 Å². The second-order valence-corrected chi connectivity index (χ2v) is 3.64. The van der Waals surface area contributed by atoms with Crippen LogP contribution in [-0.2, 0) is 9.53 Å². The zero-order valence-corrected chi connectivity index (χ0v) is 10.6. The third-order valence-electron chi connectivity index (χ3n) is 2.34. The molecule has 1 aromatic carbocycles. The molecule has 5 heteroatoms.